The van der Waals surface area contributed by atoms with Crippen LogP contribution < -0.4 is 9.13 Å². The highest BCUT2D eigenvalue weighted by Crippen LogP contribution is 2.47. The SMILES string of the molecule is CC[n+]1ccc(-c2cnc3c(c2)C(C)(C)c2c[n+](CC)ccc2-3)cc1. The van der Waals surface area contributed by atoms with Gasteiger partial charge >= 0.3 is 0 Å². The van der Waals surface area contributed by atoms with Crippen LogP contribution in [0.5, 0.6) is 0 Å². The van der Waals surface area contributed by atoms with Crippen LogP contribution in [-0.2, 0) is 18.5 Å². The third kappa shape index (κ3) is 2.46. The Balaban J connectivity index is 1.83. The second-order valence-corrected chi connectivity index (χ2v) is 7.27. The highest BCUT2D eigenvalue weighted by Gasteiger charge is 2.38. The van der Waals surface area contributed by atoms with Crippen LogP contribution in [0, 0.1) is 0 Å². The number of rotatable bonds is 3. The molecular weight excluding hydrogens is 306 g/mol. The minimum atomic E-state index is -0.0238. The van der Waals surface area contributed by atoms with Crippen molar-refractivity contribution in [3.63, 3.8) is 0 Å². The van der Waals surface area contributed by atoms with Gasteiger partial charge < -0.3 is 0 Å². The van der Waals surface area contributed by atoms with Crippen LogP contribution >= 0.6 is 0 Å². The smallest absolute Gasteiger partial charge is 0.173 e. The molecule has 3 nitrogen and oxygen atoms in total. The van der Waals surface area contributed by atoms with Gasteiger partial charge in [0, 0.05) is 46.5 Å². The van der Waals surface area contributed by atoms with Crippen molar-refractivity contribution in [3.8, 4) is 22.4 Å². The molecule has 0 amide bonds. The first-order valence-electron chi connectivity index (χ1n) is 9.08. The van der Waals surface area contributed by atoms with Crippen LogP contribution in [-0.4, -0.2) is 4.98 Å². The van der Waals surface area contributed by atoms with E-state index in [1.165, 1.54) is 27.8 Å². The molecular formula is C22H25N3+2. The summed E-state index contributed by atoms with van der Waals surface area (Å²) >= 11 is 0. The molecule has 3 aromatic heterocycles. The summed E-state index contributed by atoms with van der Waals surface area (Å²) in [6, 6.07) is 8.89. The first kappa shape index (κ1) is 15.9. The number of fused-ring (bicyclic) bond motifs is 3. The van der Waals surface area contributed by atoms with Gasteiger partial charge in [0.25, 0.3) is 0 Å². The number of pyridine rings is 3. The van der Waals surface area contributed by atoms with Crippen molar-refractivity contribution in [2.45, 2.75) is 46.2 Å². The second-order valence-electron chi connectivity index (χ2n) is 7.27. The molecule has 0 spiro atoms. The van der Waals surface area contributed by atoms with Crippen molar-refractivity contribution >= 4 is 0 Å². The van der Waals surface area contributed by atoms with Crippen molar-refractivity contribution in [1.82, 2.24) is 4.98 Å². The molecule has 0 fully saturated rings. The molecule has 0 unspecified atom stereocenters. The molecule has 0 bridgehead atoms. The lowest BCUT2D eigenvalue weighted by Crippen LogP contribution is -2.33. The molecule has 0 atom stereocenters. The fourth-order valence-corrected chi connectivity index (χ4v) is 3.76. The molecule has 4 rings (SSSR count). The maximum atomic E-state index is 4.85. The van der Waals surface area contributed by atoms with E-state index in [0.717, 1.165) is 18.8 Å². The summed E-state index contributed by atoms with van der Waals surface area (Å²) < 4.78 is 4.42. The van der Waals surface area contributed by atoms with Crippen molar-refractivity contribution in [2.24, 2.45) is 0 Å². The molecule has 0 radical (unpaired) electrons. The van der Waals surface area contributed by atoms with Gasteiger partial charge in [-0.05, 0) is 31.0 Å². The maximum absolute atomic E-state index is 4.85. The average Bonchev–Trinajstić information content (AvgIpc) is 2.88. The zero-order valence-electron chi connectivity index (χ0n) is 15.5. The van der Waals surface area contributed by atoms with Crippen molar-refractivity contribution < 1.29 is 9.13 Å². The largest absolute Gasteiger partial charge is 0.255 e. The van der Waals surface area contributed by atoms with E-state index in [-0.39, 0.29) is 5.41 Å². The number of nitrogens with zero attached hydrogens (tertiary/aromatic N) is 3. The van der Waals surface area contributed by atoms with E-state index in [2.05, 4.69) is 85.9 Å². The fourth-order valence-electron chi connectivity index (χ4n) is 3.76. The average molecular weight is 331 g/mol. The summed E-state index contributed by atoms with van der Waals surface area (Å²) in [7, 11) is 0. The second kappa shape index (κ2) is 5.76. The molecule has 126 valence electrons. The van der Waals surface area contributed by atoms with Gasteiger partial charge in [0.2, 0.25) is 0 Å². The van der Waals surface area contributed by atoms with Crippen LogP contribution in [0.1, 0.15) is 38.8 Å². The molecule has 0 saturated carbocycles. The van der Waals surface area contributed by atoms with Gasteiger partial charge in [-0.1, -0.05) is 13.8 Å². The summed E-state index contributed by atoms with van der Waals surface area (Å²) in [6.07, 6.45) is 10.7. The zero-order valence-corrected chi connectivity index (χ0v) is 15.5. The van der Waals surface area contributed by atoms with Gasteiger partial charge in [0.05, 0.1) is 5.69 Å². The molecule has 1 aliphatic rings. The third-order valence-corrected chi connectivity index (χ3v) is 5.46. The fraction of sp³-hybridized carbons (Fsp3) is 0.318. The highest BCUT2D eigenvalue weighted by molar-refractivity contribution is 5.79. The molecule has 3 heteroatoms. The Bertz CT molecular complexity index is 940. The highest BCUT2D eigenvalue weighted by atomic mass is 14.9. The van der Waals surface area contributed by atoms with Gasteiger partial charge in [-0.25, -0.2) is 9.13 Å². The standard InChI is InChI=1S/C22H25N3/c1-5-24-10-7-16(8-11-24)17-13-19-21(23-14-17)18-9-12-25(6-2)15-20(18)22(19,3)4/h7-15H,5-6H2,1-4H3/q+2. The third-order valence-electron chi connectivity index (χ3n) is 5.46. The van der Waals surface area contributed by atoms with Gasteiger partial charge in [-0.2, -0.15) is 0 Å². The van der Waals surface area contributed by atoms with Crippen molar-refractivity contribution in [1.29, 1.82) is 0 Å². The predicted octanol–water partition coefficient (Wildman–Crippen LogP) is 3.67. The minimum Gasteiger partial charge on any atom is -0.255 e. The van der Waals surface area contributed by atoms with Crippen LogP contribution in [0.3, 0.4) is 0 Å². The summed E-state index contributed by atoms with van der Waals surface area (Å²) in [4.78, 5) is 4.85. The van der Waals surface area contributed by atoms with Crippen molar-refractivity contribution in [2.75, 3.05) is 0 Å². The quantitative estimate of drug-likeness (QED) is 0.671. The first-order chi connectivity index (χ1) is 12.0. The van der Waals surface area contributed by atoms with Crippen LogP contribution in [0.15, 0.2) is 55.2 Å². The monoisotopic (exact) mass is 331 g/mol. The Morgan fingerprint density at radius 3 is 2.24 bits per heavy atom. The lowest BCUT2D eigenvalue weighted by molar-refractivity contribution is -0.694. The van der Waals surface area contributed by atoms with E-state index < -0.39 is 0 Å². The van der Waals surface area contributed by atoms with Crippen molar-refractivity contribution in [3.05, 3.63) is 66.4 Å². The van der Waals surface area contributed by atoms with Gasteiger partial charge in [-0.15, -0.1) is 0 Å². The molecule has 3 aromatic rings. The van der Waals surface area contributed by atoms with E-state index in [4.69, 9.17) is 4.98 Å². The maximum Gasteiger partial charge on any atom is 0.173 e. The van der Waals surface area contributed by atoms with Crippen LogP contribution in [0.2, 0.25) is 0 Å². The summed E-state index contributed by atoms with van der Waals surface area (Å²) in [5.41, 5.74) is 7.47. The van der Waals surface area contributed by atoms with Gasteiger partial charge in [0.1, 0.15) is 13.1 Å². The predicted molar refractivity (Wildman–Crippen MR) is 99.0 cm³/mol. The van der Waals surface area contributed by atoms with Gasteiger partial charge in [0.15, 0.2) is 24.8 Å². The summed E-state index contributed by atoms with van der Waals surface area (Å²) in [5.74, 6) is 0. The van der Waals surface area contributed by atoms with Crippen LogP contribution in [0.4, 0.5) is 0 Å². The van der Waals surface area contributed by atoms with E-state index >= 15 is 0 Å². The molecule has 0 N–H and O–H groups in total. The molecule has 0 saturated heterocycles. The molecule has 3 heterocycles. The van der Waals surface area contributed by atoms with E-state index in [9.17, 15) is 0 Å². The molecule has 0 aromatic carbocycles. The minimum absolute atomic E-state index is 0.0238. The number of hydrogen-bond donors (Lipinski definition) is 0. The Morgan fingerprint density at radius 2 is 1.56 bits per heavy atom. The number of aryl methyl sites for hydroxylation is 2. The molecule has 25 heavy (non-hydrogen) atoms. The lowest BCUT2D eigenvalue weighted by atomic mass is 9.83. The Labute approximate surface area is 149 Å². The summed E-state index contributed by atoms with van der Waals surface area (Å²) in [6.45, 7) is 10.9. The van der Waals surface area contributed by atoms with Crippen LogP contribution in [0.25, 0.3) is 22.4 Å². The number of hydrogen-bond acceptors (Lipinski definition) is 1. The Hall–Kier alpha value is -2.55. The topological polar surface area (TPSA) is 20.6 Å². The van der Waals surface area contributed by atoms with E-state index in [0.29, 0.717) is 0 Å². The number of aromatic nitrogens is 3. The summed E-state index contributed by atoms with van der Waals surface area (Å²) in [5, 5.41) is 0. The Morgan fingerprint density at radius 1 is 0.880 bits per heavy atom. The molecule has 0 aliphatic heterocycles. The Kier molecular flexibility index (Phi) is 3.68. The molecule has 1 aliphatic carbocycles. The van der Waals surface area contributed by atoms with Gasteiger partial charge in [-0.3, -0.25) is 4.98 Å². The lowest BCUT2D eigenvalue weighted by Gasteiger charge is -2.20. The van der Waals surface area contributed by atoms with E-state index in [1.54, 1.807) is 0 Å². The first-order valence-corrected chi connectivity index (χ1v) is 9.08. The normalized spacial score (nSPS) is 14.2. The zero-order chi connectivity index (χ0) is 17.6. The van der Waals surface area contributed by atoms with E-state index in [1.807, 2.05) is 6.20 Å².